The molecule has 2 atom stereocenters. The van der Waals surface area contributed by atoms with E-state index in [1.165, 1.54) is 0 Å². The largest absolute Gasteiger partial charge is 0.492 e. The van der Waals surface area contributed by atoms with Crippen molar-refractivity contribution in [2.24, 2.45) is 11.8 Å². The molecule has 2 rings (SSSR count). The molecule has 6 heteroatoms. The Morgan fingerprint density at radius 3 is 2.46 bits per heavy atom. The molecule has 1 aromatic carbocycles. The lowest BCUT2D eigenvalue weighted by atomic mass is 9.94. The van der Waals surface area contributed by atoms with Crippen molar-refractivity contribution < 1.29 is 13.2 Å². The molecule has 1 heterocycles. The van der Waals surface area contributed by atoms with Crippen molar-refractivity contribution in [2.75, 3.05) is 26.2 Å². The molecule has 1 N–H and O–H groups in total. The third kappa shape index (κ3) is 5.19. The predicted octanol–water partition coefficient (Wildman–Crippen LogP) is 3.00. The minimum absolute atomic E-state index is 0.272. The Kier molecular flexibility index (Phi) is 6.66. The van der Waals surface area contributed by atoms with Crippen LogP contribution in [0, 0.1) is 11.8 Å². The monoisotopic (exact) mass is 354 g/mol. The van der Waals surface area contributed by atoms with E-state index in [1.54, 1.807) is 4.31 Å². The molecule has 0 saturated carbocycles. The highest BCUT2D eigenvalue weighted by atomic mass is 32.2. The fourth-order valence-electron chi connectivity index (χ4n) is 3.31. The molecule has 1 aliphatic rings. The Labute approximate surface area is 146 Å². The standard InChI is InChI=1S/C18H30N2O3S/c1-14(2)17-7-5-6-8-18(17)23-10-9-19-24(21,22)20-12-15(3)11-16(4)13-20/h5-8,14-16,19H,9-13H2,1-4H3. The van der Waals surface area contributed by atoms with E-state index < -0.39 is 10.2 Å². The van der Waals surface area contributed by atoms with Crippen molar-refractivity contribution in [3.05, 3.63) is 29.8 Å². The minimum Gasteiger partial charge on any atom is -0.492 e. The molecule has 0 aliphatic carbocycles. The van der Waals surface area contributed by atoms with Crippen LogP contribution in [-0.2, 0) is 10.2 Å². The lowest BCUT2D eigenvalue weighted by molar-refractivity contribution is 0.219. The SMILES string of the molecule is CC1CC(C)CN(S(=O)(=O)NCCOc2ccccc2C(C)C)C1. The minimum atomic E-state index is -3.43. The highest BCUT2D eigenvalue weighted by molar-refractivity contribution is 7.87. The molecule has 1 aliphatic heterocycles. The van der Waals surface area contributed by atoms with Crippen molar-refractivity contribution in [3.63, 3.8) is 0 Å². The first-order valence-electron chi connectivity index (χ1n) is 8.76. The van der Waals surface area contributed by atoms with E-state index in [4.69, 9.17) is 4.74 Å². The van der Waals surface area contributed by atoms with Gasteiger partial charge in [-0.1, -0.05) is 45.9 Å². The number of para-hydroxylation sites is 1. The summed E-state index contributed by atoms with van der Waals surface area (Å²) in [5.41, 5.74) is 1.14. The number of hydrogen-bond donors (Lipinski definition) is 1. The zero-order valence-corrected chi connectivity index (χ0v) is 16.0. The van der Waals surface area contributed by atoms with Crippen molar-refractivity contribution in [3.8, 4) is 5.75 Å². The fourth-order valence-corrected chi connectivity index (χ4v) is 4.74. The van der Waals surface area contributed by atoms with Gasteiger partial charge in [0.15, 0.2) is 0 Å². The molecule has 0 bridgehead atoms. The van der Waals surface area contributed by atoms with Gasteiger partial charge in [-0.05, 0) is 35.8 Å². The molecule has 1 saturated heterocycles. The van der Waals surface area contributed by atoms with Crippen molar-refractivity contribution in [1.82, 2.24) is 9.03 Å². The van der Waals surface area contributed by atoms with Gasteiger partial charge in [0.25, 0.3) is 10.2 Å². The summed E-state index contributed by atoms with van der Waals surface area (Å²) in [5.74, 6) is 2.00. The van der Waals surface area contributed by atoms with Gasteiger partial charge >= 0.3 is 0 Å². The molecular weight excluding hydrogens is 324 g/mol. The Morgan fingerprint density at radius 2 is 1.83 bits per heavy atom. The van der Waals surface area contributed by atoms with Gasteiger partial charge in [-0.15, -0.1) is 0 Å². The highest BCUT2D eigenvalue weighted by Gasteiger charge is 2.30. The summed E-state index contributed by atoms with van der Waals surface area (Å²) >= 11 is 0. The van der Waals surface area contributed by atoms with Gasteiger partial charge in [-0.25, -0.2) is 0 Å². The van der Waals surface area contributed by atoms with Crippen LogP contribution in [0.3, 0.4) is 0 Å². The Morgan fingerprint density at radius 1 is 1.21 bits per heavy atom. The number of rotatable bonds is 7. The summed E-state index contributed by atoms with van der Waals surface area (Å²) in [7, 11) is -3.43. The summed E-state index contributed by atoms with van der Waals surface area (Å²) in [4.78, 5) is 0. The first-order valence-corrected chi connectivity index (χ1v) is 10.2. The molecule has 1 fully saturated rings. The Hall–Kier alpha value is -1.11. The topological polar surface area (TPSA) is 58.6 Å². The maximum atomic E-state index is 12.4. The first kappa shape index (κ1) is 19.2. The van der Waals surface area contributed by atoms with Gasteiger partial charge in [0.2, 0.25) is 0 Å². The number of nitrogens with one attached hydrogen (secondary N) is 1. The van der Waals surface area contributed by atoms with Crippen LogP contribution < -0.4 is 9.46 Å². The van der Waals surface area contributed by atoms with Gasteiger partial charge in [0, 0.05) is 19.6 Å². The molecule has 5 nitrogen and oxygen atoms in total. The quantitative estimate of drug-likeness (QED) is 0.766. The van der Waals surface area contributed by atoms with Gasteiger partial charge in [0.1, 0.15) is 12.4 Å². The highest BCUT2D eigenvalue weighted by Crippen LogP contribution is 2.26. The lowest BCUT2D eigenvalue weighted by Gasteiger charge is -2.33. The van der Waals surface area contributed by atoms with Crippen LogP contribution in [0.4, 0.5) is 0 Å². The molecule has 0 radical (unpaired) electrons. The van der Waals surface area contributed by atoms with E-state index >= 15 is 0 Å². The summed E-state index contributed by atoms with van der Waals surface area (Å²) in [6.45, 7) is 10.2. The number of hydrogen-bond acceptors (Lipinski definition) is 3. The van der Waals surface area contributed by atoms with Gasteiger partial charge in [0.05, 0.1) is 0 Å². The third-order valence-electron chi connectivity index (χ3n) is 4.36. The molecule has 2 unspecified atom stereocenters. The van der Waals surface area contributed by atoms with E-state index in [0.29, 0.717) is 37.5 Å². The molecule has 0 aromatic heterocycles. The van der Waals surface area contributed by atoms with Gasteiger partial charge < -0.3 is 4.74 Å². The van der Waals surface area contributed by atoms with Gasteiger partial charge in [-0.2, -0.15) is 17.4 Å². The van der Waals surface area contributed by atoms with Crippen molar-refractivity contribution in [1.29, 1.82) is 0 Å². The van der Waals surface area contributed by atoms with Crippen LogP contribution in [0.15, 0.2) is 24.3 Å². The van der Waals surface area contributed by atoms with E-state index in [-0.39, 0.29) is 6.54 Å². The smallest absolute Gasteiger partial charge is 0.279 e. The molecule has 136 valence electrons. The van der Waals surface area contributed by atoms with E-state index in [1.807, 2.05) is 24.3 Å². The summed E-state index contributed by atoms with van der Waals surface area (Å²) in [6.07, 6.45) is 1.08. The number of ether oxygens (including phenoxy) is 1. The number of nitrogens with zero attached hydrogens (tertiary/aromatic N) is 1. The van der Waals surface area contributed by atoms with Crippen LogP contribution in [-0.4, -0.2) is 39.0 Å². The zero-order valence-electron chi connectivity index (χ0n) is 15.2. The molecule has 1 aromatic rings. The van der Waals surface area contributed by atoms with Crippen molar-refractivity contribution >= 4 is 10.2 Å². The third-order valence-corrected chi connectivity index (χ3v) is 5.91. The predicted molar refractivity (Wildman–Crippen MR) is 97.5 cm³/mol. The summed E-state index contributed by atoms with van der Waals surface area (Å²) in [6, 6.07) is 7.89. The number of benzene rings is 1. The van der Waals surface area contributed by atoms with Crippen LogP contribution in [0.25, 0.3) is 0 Å². The second-order valence-electron chi connectivity index (χ2n) is 7.20. The maximum absolute atomic E-state index is 12.4. The average Bonchev–Trinajstić information content (AvgIpc) is 2.51. The first-order chi connectivity index (χ1) is 11.3. The van der Waals surface area contributed by atoms with Crippen molar-refractivity contribution in [2.45, 2.75) is 40.0 Å². The van der Waals surface area contributed by atoms with E-state index in [2.05, 4.69) is 32.4 Å². The van der Waals surface area contributed by atoms with E-state index in [9.17, 15) is 8.42 Å². The molecular formula is C18H30N2O3S. The van der Waals surface area contributed by atoms with E-state index in [0.717, 1.165) is 17.7 Å². The van der Waals surface area contributed by atoms with Crippen LogP contribution >= 0.6 is 0 Å². The molecule has 0 spiro atoms. The molecule has 0 amide bonds. The molecule has 24 heavy (non-hydrogen) atoms. The van der Waals surface area contributed by atoms with Crippen LogP contribution in [0.1, 0.15) is 45.6 Å². The Balaban J connectivity index is 1.85. The lowest BCUT2D eigenvalue weighted by Crippen LogP contribution is -2.48. The zero-order chi connectivity index (χ0) is 17.7. The summed E-state index contributed by atoms with van der Waals surface area (Å²) in [5, 5.41) is 0. The van der Waals surface area contributed by atoms with Gasteiger partial charge in [-0.3, -0.25) is 0 Å². The van der Waals surface area contributed by atoms with Crippen LogP contribution in [0.2, 0.25) is 0 Å². The summed E-state index contributed by atoms with van der Waals surface area (Å²) < 4.78 is 34.8. The normalized spacial score (nSPS) is 22.7. The fraction of sp³-hybridized carbons (Fsp3) is 0.667. The Bertz CT molecular complexity index is 621. The van der Waals surface area contributed by atoms with Crippen LogP contribution in [0.5, 0.6) is 5.75 Å². The second kappa shape index (κ2) is 8.32. The average molecular weight is 355 g/mol. The second-order valence-corrected chi connectivity index (χ2v) is 8.96. The number of piperidine rings is 1. The maximum Gasteiger partial charge on any atom is 0.279 e.